The first-order valence-corrected chi connectivity index (χ1v) is 8.53. The van der Waals surface area contributed by atoms with Gasteiger partial charge in [0.15, 0.2) is 0 Å². The highest BCUT2D eigenvalue weighted by atomic mass is 15.1. The Balaban J connectivity index is 1.56. The van der Waals surface area contributed by atoms with Gasteiger partial charge in [-0.25, -0.2) is 0 Å². The zero-order valence-corrected chi connectivity index (χ0v) is 12.6. The molecule has 0 radical (unpaired) electrons. The number of anilines is 2. The Bertz CT molecular complexity index is 384. The molecule has 1 aromatic rings. The van der Waals surface area contributed by atoms with Crippen molar-refractivity contribution in [2.75, 3.05) is 23.3 Å². The van der Waals surface area contributed by atoms with Crippen molar-refractivity contribution in [3.63, 3.8) is 0 Å². The summed E-state index contributed by atoms with van der Waals surface area (Å²) < 4.78 is 0. The van der Waals surface area contributed by atoms with E-state index < -0.39 is 0 Å². The third-order valence-electron chi connectivity index (χ3n) is 4.81. The maximum atomic E-state index is 3.75. The molecule has 1 heterocycles. The third kappa shape index (κ3) is 3.68. The van der Waals surface area contributed by atoms with E-state index in [0.717, 1.165) is 0 Å². The fourth-order valence-corrected chi connectivity index (χ4v) is 3.58. The first-order chi connectivity index (χ1) is 9.92. The standard InChI is InChI=1S/C18H28N2/c1-2-4-8-16(9-5-3-1)19-17-10-12-18(13-11-17)20-14-6-7-15-20/h10-13,16,19H,1-9,14-15H2. The average Bonchev–Trinajstić information content (AvgIpc) is 2.96. The summed E-state index contributed by atoms with van der Waals surface area (Å²) in [5, 5.41) is 3.75. The van der Waals surface area contributed by atoms with Gasteiger partial charge in [0, 0.05) is 30.5 Å². The quantitative estimate of drug-likeness (QED) is 0.849. The largest absolute Gasteiger partial charge is 0.382 e. The second-order valence-corrected chi connectivity index (χ2v) is 6.43. The Hall–Kier alpha value is -1.18. The van der Waals surface area contributed by atoms with Crippen molar-refractivity contribution < 1.29 is 0 Å². The van der Waals surface area contributed by atoms with Crippen LogP contribution in [0.5, 0.6) is 0 Å². The molecule has 1 aliphatic carbocycles. The van der Waals surface area contributed by atoms with Gasteiger partial charge in [0.25, 0.3) is 0 Å². The van der Waals surface area contributed by atoms with Crippen LogP contribution in [-0.4, -0.2) is 19.1 Å². The molecular weight excluding hydrogens is 244 g/mol. The molecule has 0 unspecified atom stereocenters. The minimum absolute atomic E-state index is 0.688. The number of nitrogens with zero attached hydrogens (tertiary/aromatic N) is 1. The van der Waals surface area contributed by atoms with E-state index in [4.69, 9.17) is 0 Å². The van der Waals surface area contributed by atoms with Crippen LogP contribution in [0.3, 0.4) is 0 Å². The number of rotatable bonds is 3. The Kier molecular flexibility index (Phi) is 4.83. The van der Waals surface area contributed by atoms with Crippen LogP contribution in [0.25, 0.3) is 0 Å². The van der Waals surface area contributed by atoms with E-state index in [2.05, 4.69) is 34.5 Å². The molecule has 1 aliphatic heterocycles. The number of hydrogen-bond donors (Lipinski definition) is 1. The number of benzene rings is 1. The minimum Gasteiger partial charge on any atom is -0.382 e. The molecule has 1 aromatic carbocycles. The zero-order valence-electron chi connectivity index (χ0n) is 12.6. The Labute approximate surface area is 123 Å². The fraction of sp³-hybridized carbons (Fsp3) is 0.667. The number of hydrogen-bond acceptors (Lipinski definition) is 2. The second kappa shape index (κ2) is 7.01. The van der Waals surface area contributed by atoms with Gasteiger partial charge < -0.3 is 10.2 Å². The summed E-state index contributed by atoms with van der Waals surface area (Å²) in [5.41, 5.74) is 2.70. The summed E-state index contributed by atoms with van der Waals surface area (Å²) in [5.74, 6) is 0. The van der Waals surface area contributed by atoms with E-state index in [1.807, 2.05) is 0 Å². The van der Waals surface area contributed by atoms with Crippen LogP contribution in [0.15, 0.2) is 24.3 Å². The first kappa shape index (κ1) is 13.8. The lowest BCUT2D eigenvalue weighted by Gasteiger charge is -2.23. The van der Waals surface area contributed by atoms with Crippen molar-refractivity contribution >= 4 is 11.4 Å². The van der Waals surface area contributed by atoms with Crippen LogP contribution in [0.2, 0.25) is 0 Å². The second-order valence-electron chi connectivity index (χ2n) is 6.43. The van der Waals surface area contributed by atoms with Crippen LogP contribution >= 0.6 is 0 Å². The molecular formula is C18H28N2. The molecule has 2 nitrogen and oxygen atoms in total. The molecule has 1 saturated carbocycles. The summed E-state index contributed by atoms with van der Waals surface area (Å²) >= 11 is 0. The summed E-state index contributed by atoms with van der Waals surface area (Å²) in [7, 11) is 0. The monoisotopic (exact) mass is 272 g/mol. The van der Waals surface area contributed by atoms with E-state index in [1.54, 1.807) is 0 Å². The van der Waals surface area contributed by atoms with Gasteiger partial charge in [0.05, 0.1) is 0 Å². The van der Waals surface area contributed by atoms with Crippen LogP contribution in [-0.2, 0) is 0 Å². The maximum absolute atomic E-state index is 3.75. The van der Waals surface area contributed by atoms with Crippen LogP contribution in [0.4, 0.5) is 11.4 Å². The molecule has 3 rings (SSSR count). The Morgan fingerprint density at radius 1 is 0.750 bits per heavy atom. The summed E-state index contributed by atoms with van der Waals surface area (Å²) in [6.45, 7) is 2.46. The fourth-order valence-electron chi connectivity index (χ4n) is 3.58. The van der Waals surface area contributed by atoms with Gasteiger partial charge in [-0.3, -0.25) is 0 Å². The molecule has 0 spiro atoms. The predicted octanol–water partition coefficient (Wildman–Crippen LogP) is 4.81. The molecule has 0 atom stereocenters. The molecule has 2 heteroatoms. The van der Waals surface area contributed by atoms with Gasteiger partial charge in [-0.15, -0.1) is 0 Å². The van der Waals surface area contributed by atoms with Crippen LogP contribution < -0.4 is 10.2 Å². The van der Waals surface area contributed by atoms with Gasteiger partial charge in [-0.1, -0.05) is 32.1 Å². The highest BCUT2D eigenvalue weighted by Crippen LogP contribution is 2.24. The lowest BCUT2D eigenvalue weighted by Crippen LogP contribution is -2.21. The highest BCUT2D eigenvalue weighted by molar-refractivity contribution is 5.55. The number of nitrogens with one attached hydrogen (secondary N) is 1. The summed E-state index contributed by atoms with van der Waals surface area (Å²) in [6.07, 6.45) is 12.5. The lowest BCUT2D eigenvalue weighted by molar-refractivity contribution is 0.471. The van der Waals surface area contributed by atoms with Gasteiger partial charge in [-0.05, 0) is 49.9 Å². The third-order valence-corrected chi connectivity index (χ3v) is 4.81. The average molecular weight is 272 g/mol. The summed E-state index contributed by atoms with van der Waals surface area (Å²) in [4.78, 5) is 2.50. The predicted molar refractivity (Wildman–Crippen MR) is 87.6 cm³/mol. The molecule has 2 fully saturated rings. The van der Waals surface area contributed by atoms with E-state index in [9.17, 15) is 0 Å². The van der Waals surface area contributed by atoms with E-state index in [-0.39, 0.29) is 0 Å². The molecule has 1 saturated heterocycles. The van der Waals surface area contributed by atoms with E-state index >= 15 is 0 Å². The highest BCUT2D eigenvalue weighted by Gasteiger charge is 2.13. The topological polar surface area (TPSA) is 15.3 Å². The molecule has 20 heavy (non-hydrogen) atoms. The van der Waals surface area contributed by atoms with Crippen LogP contribution in [0.1, 0.15) is 57.8 Å². The van der Waals surface area contributed by atoms with E-state index in [0.29, 0.717) is 6.04 Å². The zero-order chi connectivity index (χ0) is 13.6. The lowest BCUT2D eigenvalue weighted by atomic mass is 9.96. The first-order valence-electron chi connectivity index (χ1n) is 8.53. The molecule has 1 N–H and O–H groups in total. The Morgan fingerprint density at radius 3 is 2.00 bits per heavy atom. The molecule has 0 aromatic heterocycles. The van der Waals surface area contributed by atoms with Crippen molar-refractivity contribution in [2.24, 2.45) is 0 Å². The molecule has 0 amide bonds. The van der Waals surface area contributed by atoms with Crippen molar-refractivity contribution in [3.05, 3.63) is 24.3 Å². The minimum atomic E-state index is 0.688. The van der Waals surface area contributed by atoms with Gasteiger partial charge in [0.2, 0.25) is 0 Å². The van der Waals surface area contributed by atoms with Crippen molar-refractivity contribution in [1.29, 1.82) is 0 Å². The smallest absolute Gasteiger partial charge is 0.0367 e. The molecule has 0 bridgehead atoms. The molecule has 2 aliphatic rings. The maximum Gasteiger partial charge on any atom is 0.0367 e. The van der Waals surface area contributed by atoms with Gasteiger partial charge >= 0.3 is 0 Å². The SMILES string of the molecule is c1cc(N2CCCC2)ccc1NC1CCCCCCC1. The van der Waals surface area contributed by atoms with Crippen molar-refractivity contribution in [1.82, 2.24) is 0 Å². The van der Waals surface area contributed by atoms with Gasteiger partial charge in [0.1, 0.15) is 0 Å². The van der Waals surface area contributed by atoms with Gasteiger partial charge in [-0.2, -0.15) is 0 Å². The van der Waals surface area contributed by atoms with Crippen LogP contribution in [0, 0.1) is 0 Å². The Morgan fingerprint density at radius 2 is 1.35 bits per heavy atom. The summed E-state index contributed by atoms with van der Waals surface area (Å²) in [6, 6.07) is 9.80. The van der Waals surface area contributed by atoms with E-state index in [1.165, 1.54) is 82.3 Å². The molecule has 110 valence electrons. The normalized spacial score (nSPS) is 21.5. The van der Waals surface area contributed by atoms with Crippen molar-refractivity contribution in [2.45, 2.75) is 63.8 Å². The van der Waals surface area contributed by atoms with Crippen molar-refractivity contribution in [3.8, 4) is 0 Å².